The van der Waals surface area contributed by atoms with Gasteiger partial charge in [-0.3, -0.25) is 4.79 Å². The van der Waals surface area contributed by atoms with Crippen molar-refractivity contribution in [2.45, 2.75) is 51.5 Å². The Labute approximate surface area is 86.2 Å². The molecule has 1 fully saturated rings. The number of hydrogen-bond donors (Lipinski definition) is 0. The number of hydrogen-bond acceptors (Lipinski definition) is 2. The van der Waals surface area contributed by atoms with Crippen LogP contribution in [0.15, 0.2) is 0 Å². The van der Waals surface area contributed by atoms with Gasteiger partial charge in [0.05, 0.1) is 6.61 Å². The van der Waals surface area contributed by atoms with Crippen molar-refractivity contribution in [3.05, 3.63) is 0 Å². The van der Waals surface area contributed by atoms with E-state index >= 15 is 0 Å². The van der Waals surface area contributed by atoms with Gasteiger partial charge in [-0.1, -0.05) is 26.2 Å². The topological polar surface area (TPSA) is 40.4 Å². The fourth-order valence-electron chi connectivity index (χ4n) is 1.61. The number of rotatable bonds is 6. The van der Waals surface area contributed by atoms with Gasteiger partial charge in [0, 0.05) is 6.54 Å². The molecule has 0 aromatic heterocycles. The highest BCUT2D eigenvalue weighted by Crippen LogP contribution is 2.09. The van der Waals surface area contributed by atoms with Gasteiger partial charge in [0.25, 0.3) is 0 Å². The summed E-state index contributed by atoms with van der Waals surface area (Å²) >= 11 is 0. The lowest BCUT2D eigenvalue weighted by Crippen LogP contribution is -2.27. The lowest BCUT2D eigenvalue weighted by molar-refractivity contribution is -0.145. The van der Waals surface area contributed by atoms with Gasteiger partial charge >= 0.3 is 5.97 Å². The molecule has 1 aliphatic heterocycles. The Morgan fingerprint density at radius 1 is 1.43 bits per heavy atom. The average Bonchev–Trinajstić information content (AvgIpc) is 2.70. The number of carbonyl (C=O) groups is 1. The normalized spacial score (nSPS) is 21.1. The highest BCUT2D eigenvalue weighted by atomic mass is 16.5. The van der Waals surface area contributed by atoms with Crippen LogP contribution in [0.1, 0.15) is 45.4 Å². The van der Waals surface area contributed by atoms with Crippen LogP contribution in [0, 0.1) is 0 Å². The monoisotopic (exact) mass is 198 g/mol. The molecule has 0 bridgehead atoms. The summed E-state index contributed by atoms with van der Waals surface area (Å²) in [5, 5.41) is 4.18. The quantitative estimate of drug-likeness (QED) is 0.483. The molecule has 1 aliphatic rings. The van der Waals surface area contributed by atoms with Crippen LogP contribution < -0.4 is 5.32 Å². The van der Waals surface area contributed by atoms with E-state index in [4.69, 9.17) is 4.74 Å². The van der Waals surface area contributed by atoms with E-state index in [2.05, 4.69) is 12.2 Å². The molecule has 81 valence electrons. The molecule has 3 nitrogen and oxygen atoms in total. The summed E-state index contributed by atoms with van der Waals surface area (Å²) in [5.41, 5.74) is 0. The second kappa shape index (κ2) is 6.82. The van der Waals surface area contributed by atoms with E-state index in [0.29, 0.717) is 6.61 Å². The van der Waals surface area contributed by atoms with E-state index in [1.165, 1.54) is 12.8 Å². The van der Waals surface area contributed by atoms with E-state index < -0.39 is 0 Å². The van der Waals surface area contributed by atoms with Gasteiger partial charge in [0.2, 0.25) is 0 Å². The van der Waals surface area contributed by atoms with E-state index in [-0.39, 0.29) is 12.0 Å². The maximum Gasteiger partial charge on any atom is 0.324 e. The number of ether oxygens (including phenoxy) is 1. The molecule has 1 saturated heterocycles. The molecule has 0 spiro atoms. The highest BCUT2D eigenvalue weighted by Gasteiger charge is 2.24. The van der Waals surface area contributed by atoms with Crippen molar-refractivity contribution in [2.24, 2.45) is 0 Å². The molecule has 0 aliphatic carbocycles. The zero-order valence-corrected chi connectivity index (χ0v) is 9.00. The van der Waals surface area contributed by atoms with Crippen LogP contribution in [0.3, 0.4) is 0 Å². The highest BCUT2D eigenvalue weighted by molar-refractivity contribution is 5.76. The molecular weight excluding hydrogens is 178 g/mol. The minimum absolute atomic E-state index is 0.112. The van der Waals surface area contributed by atoms with Crippen molar-refractivity contribution in [2.75, 3.05) is 13.2 Å². The van der Waals surface area contributed by atoms with Gasteiger partial charge in [-0.25, -0.2) is 5.32 Å². The summed E-state index contributed by atoms with van der Waals surface area (Å²) in [5.74, 6) is -0.112. The van der Waals surface area contributed by atoms with Crippen LogP contribution in [-0.2, 0) is 9.53 Å². The summed E-state index contributed by atoms with van der Waals surface area (Å²) in [6.07, 6.45) is 6.51. The lowest BCUT2D eigenvalue weighted by Gasteiger charge is -2.08. The molecule has 0 saturated carbocycles. The van der Waals surface area contributed by atoms with Crippen molar-refractivity contribution < 1.29 is 9.53 Å². The Kier molecular flexibility index (Phi) is 5.60. The van der Waals surface area contributed by atoms with Gasteiger partial charge in [-0.15, -0.1) is 0 Å². The van der Waals surface area contributed by atoms with Crippen molar-refractivity contribution in [1.82, 2.24) is 5.32 Å². The maximum absolute atomic E-state index is 11.4. The second-order valence-electron chi connectivity index (χ2n) is 3.79. The summed E-state index contributed by atoms with van der Waals surface area (Å²) in [6.45, 7) is 3.57. The largest absolute Gasteiger partial charge is 0.464 e. The molecule has 0 N–H and O–H groups in total. The van der Waals surface area contributed by atoms with Crippen molar-refractivity contribution in [3.8, 4) is 0 Å². The maximum atomic E-state index is 11.4. The first-order valence-electron chi connectivity index (χ1n) is 5.68. The summed E-state index contributed by atoms with van der Waals surface area (Å²) in [6, 6.07) is -0.152. The standard InChI is InChI=1S/C11H20NO2/c1-2-3-4-5-9-14-11(13)10-7-6-8-12-10/h10H,2-9H2,1H3. The third-order valence-electron chi connectivity index (χ3n) is 2.50. The second-order valence-corrected chi connectivity index (χ2v) is 3.79. The molecule has 1 atom stereocenters. The molecule has 0 aromatic carbocycles. The first-order valence-corrected chi connectivity index (χ1v) is 5.68. The smallest absolute Gasteiger partial charge is 0.324 e. The number of esters is 1. The lowest BCUT2D eigenvalue weighted by atomic mass is 10.2. The molecule has 0 amide bonds. The summed E-state index contributed by atoms with van der Waals surface area (Å²) < 4.78 is 5.14. The molecule has 14 heavy (non-hydrogen) atoms. The van der Waals surface area contributed by atoms with E-state index in [1.54, 1.807) is 0 Å². The predicted octanol–water partition coefficient (Wildman–Crippen LogP) is 1.88. The van der Waals surface area contributed by atoms with Gasteiger partial charge < -0.3 is 4.74 Å². The summed E-state index contributed by atoms with van der Waals surface area (Å²) in [4.78, 5) is 11.4. The molecule has 1 radical (unpaired) electrons. The number of carbonyl (C=O) groups excluding carboxylic acids is 1. The van der Waals surface area contributed by atoms with Crippen molar-refractivity contribution >= 4 is 5.97 Å². The van der Waals surface area contributed by atoms with Crippen molar-refractivity contribution in [3.63, 3.8) is 0 Å². The fourth-order valence-corrected chi connectivity index (χ4v) is 1.61. The predicted molar refractivity (Wildman–Crippen MR) is 55.1 cm³/mol. The van der Waals surface area contributed by atoms with Crippen LogP contribution in [0.4, 0.5) is 0 Å². The Balaban J connectivity index is 1.97. The molecule has 1 heterocycles. The Hall–Kier alpha value is -0.570. The van der Waals surface area contributed by atoms with Crippen LogP contribution >= 0.6 is 0 Å². The van der Waals surface area contributed by atoms with Gasteiger partial charge in [0.1, 0.15) is 6.04 Å². The third kappa shape index (κ3) is 4.09. The Morgan fingerprint density at radius 3 is 2.93 bits per heavy atom. The Bertz CT molecular complexity index is 165. The first-order chi connectivity index (χ1) is 6.84. The van der Waals surface area contributed by atoms with Gasteiger partial charge in [0.15, 0.2) is 0 Å². The van der Waals surface area contributed by atoms with Crippen LogP contribution in [0.25, 0.3) is 0 Å². The number of nitrogens with zero attached hydrogens (tertiary/aromatic N) is 1. The van der Waals surface area contributed by atoms with E-state index in [0.717, 1.165) is 32.2 Å². The third-order valence-corrected chi connectivity index (χ3v) is 2.50. The average molecular weight is 198 g/mol. The minimum Gasteiger partial charge on any atom is -0.464 e. The molecule has 1 unspecified atom stereocenters. The van der Waals surface area contributed by atoms with E-state index in [9.17, 15) is 4.79 Å². The van der Waals surface area contributed by atoms with Crippen LogP contribution in [0.5, 0.6) is 0 Å². The SMILES string of the molecule is CCCCCCOC(=O)C1CCC[N]1. The number of unbranched alkanes of at least 4 members (excludes halogenated alkanes) is 3. The minimum atomic E-state index is -0.152. The first kappa shape index (κ1) is 11.5. The van der Waals surface area contributed by atoms with Crippen LogP contribution in [0.2, 0.25) is 0 Å². The molecule has 0 aromatic rings. The Morgan fingerprint density at radius 2 is 2.29 bits per heavy atom. The van der Waals surface area contributed by atoms with E-state index in [1.807, 2.05) is 0 Å². The van der Waals surface area contributed by atoms with Crippen LogP contribution in [-0.4, -0.2) is 25.2 Å². The zero-order valence-electron chi connectivity index (χ0n) is 9.00. The molecule has 3 heteroatoms. The van der Waals surface area contributed by atoms with Crippen molar-refractivity contribution in [1.29, 1.82) is 0 Å². The van der Waals surface area contributed by atoms with Gasteiger partial charge in [-0.05, 0) is 19.3 Å². The fraction of sp³-hybridized carbons (Fsp3) is 0.909. The molecule has 1 rings (SSSR count). The summed E-state index contributed by atoms with van der Waals surface area (Å²) in [7, 11) is 0. The van der Waals surface area contributed by atoms with Gasteiger partial charge in [-0.2, -0.15) is 0 Å². The zero-order chi connectivity index (χ0) is 10.2. The molecular formula is C11H20NO2.